The van der Waals surface area contributed by atoms with Gasteiger partial charge in [-0.05, 0) is 105 Å². The van der Waals surface area contributed by atoms with Crippen LogP contribution in [-0.2, 0) is 9.47 Å². The molecule has 0 aliphatic heterocycles. The lowest BCUT2D eigenvalue weighted by molar-refractivity contribution is 0.0513. The molecule has 0 bridgehead atoms. The maximum atomic E-state index is 14.2. The van der Waals surface area contributed by atoms with Crippen molar-refractivity contribution in [3.63, 3.8) is 0 Å². The van der Waals surface area contributed by atoms with Gasteiger partial charge in [-0.2, -0.15) is 0 Å². The number of aromatic amines is 2. The highest BCUT2D eigenvalue weighted by Gasteiger charge is 2.31. The lowest BCUT2D eigenvalue weighted by Crippen LogP contribution is -2.06. The third-order valence-electron chi connectivity index (χ3n) is 11.0. The zero-order chi connectivity index (χ0) is 42.6. The molecule has 8 rings (SSSR count). The van der Waals surface area contributed by atoms with E-state index in [1.807, 2.05) is 48.5 Å². The van der Waals surface area contributed by atoms with E-state index in [1.54, 1.807) is 70.7 Å². The predicted octanol–water partition coefficient (Wildman–Crippen LogP) is 9.35. The van der Waals surface area contributed by atoms with Crippen LogP contribution in [0.4, 0.5) is 0 Å². The summed E-state index contributed by atoms with van der Waals surface area (Å²) in [4.78, 5) is 35.4. The Labute approximate surface area is 344 Å². The Morgan fingerprint density at radius 1 is 0.367 bits per heavy atom. The SMILES string of the molecule is CCOC(=O)c1[nH]c(-c2[nH]c(C(=O)OCC)c3c4cc(OC)c(OC)cc4c4cc(OC)c(OC)cc4c23)c2c3cc(OC)c(OC)cc3c3cc(OC)c(OC)cc3c12. The van der Waals surface area contributed by atoms with Crippen LogP contribution < -0.4 is 37.9 Å². The predicted molar refractivity (Wildman–Crippen MR) is 230 cm³/mol. The third kappa shape index (κ3) is 5.84. The number of rotatable bonds is 13. The van der Waals surface area contributed by atoms with Crippen LogP contribution in [0.1, 0.15) is 34.8 Å². The summed E-state index contributed by atoms with van der Waals surface area (Å²) in [5, 5.41) is 8.02. The first-order chi connectivity index (χ1) is 29.1. The second kappa shape index (κ2) is 15.5. The van der Waals surface area contributed by atoms with Crippen LogP contribution in [0.15, 0.2) is 48.5 Å². The van der Waals surface area contributed by atoms with Gasteiger partial charge in [0, 0.05) is 21.5 Å². The molecule has 0 aliphatic rings. The summed E-state index contributed by atoms with van der Waals surface area (Å²) < 4.78 is 57.9. The standard InChI is InChI=1S/C46H44N2O12/c1-11-59-45(49)43-39-27-19-35(57-9)31(53-5)15-23(27)21-13-29(51-3)33(55-7)17-25(21)37(39)41(47-43)42-38-26-18-34(56-8)30(52-4)14-22(26)24-16-32(54-6)36(58-10)20-28(24)40(38)44(48-42)46(50)60-12-2/h13-20,47-48H,11-12H2,1-10H3. The van der Waals surface area contributed by atoms with Crippen molar-refractivity contribution >= 4 is 76.6 Å². The summed E-state index contributed by atoms with van der Waals surface area (Å²) in [6.45, 7) is 3.72. The van der Waals surface area contributed by atoms with Crippen molar-refractivity contribution in [1.29, 1.82) is 0 Å². The van der Waals surface area contributed by atoms with Gasteiger partial charge >= 0.3 is 11.9 Å². The lowest BCUT2D eigenvalue weighted by atomic mass is 9.91. The third-order valence-corrected chi connectivity index (χ3v) is 11.0. The van der Waals surface area contributed by atoms with E-state index < -0.39 is 11.9 Å². The fourth-order valence-electron chi connectivity index (χ4n) is 8.40. The molecular formula is C46H44N2O12. The van der Waals surface area contributed by atoms with Gasteiger partial charge < -0.3 is 57.3 Å². The van der Waals surface area contributed by atoms with Crippen molar-refractivity contribution in [3.8, 4) is 57.4 Å². The molecule has 310 valence electrons. The lowest BCUT2D eigenvalue weighted by Gasteiger charge is -2.17. The quantitative estimate of drug-likeness (QED) is 0.0841. The summed E-state index contributed by atoms with van der Waals surface area (Å²) in [5.74, 6) is 2.55. The van der Waals surface area contributed by atoms with E-state index in [4.69, 9.17) is 47.4 Å². The summed E-state index contributed by atoms with van der Waals surface area (Å²) in [6.07, 6.45) is 0. The number of ether oxygens (including phenoxy) is 10. The minimum absolute atomic E-state index is 0.115. The van der Waals surface area contributed by atoms with E-state index >= 15 is 0 Å². The molecule has 14 heteroatoms. The normalized spacial score (nSPS) is 11.4. The molecule has 8 aromatic rings. The smallest absolute Gasteiger partial charge is 0.355 e. The molecule has 0 aliphatic carbocycles. The molecule has 0 fully saturated rings. The Hall–Kier alpha value is -7.22. The minimum Gasteiger partial charge on any atom is -0.493 e. The molecule has 0 saturated heterocycles. The van der Waals surface area contributed by atoms with Gasteiger partial charge in [0.1, 0.15) is 11.4 Å². The number of hydrogen-bond donors (Lipinski definition) is 2. The number of carbonyl (C=O) groups excluding carboxylic acids is 2. The number of hydrogen-bond acceptors (Lipinski definition) is 12. The van der Waals surface area contributed by atoms with Crippen LogP contribution in [0, 0.1) is 0 Å². The Morgan fingerprint density at radius 3 is 0.800 bits per heavy atom. The van der Waals surface area contributed by atoms with Gasteiger partial charge in [-0.25, -0.2) is 9.59 Å². The van der Waals surface area contributed by atoms with Gasteiger partial charge in [0.25, 0.3) is 0 Å². The molecule has 0 spiro atoms. The first-order valence-electron chi connectivity index (χ1n) is 19.1. The van der Waals surface area contributed by atoms with Gasteiger partial charge in [-0.1, -0.05) is 0 Å². The number of fused-ring (bicyclic) bond motifs is 12. The van der Waals surface area contributed by atoms with Crippen LogP contribution >= 0.6 is 0 Å². The van der Waals surface area contributed by atoms with Crippen molar-refractivity contribution in [3.05, 3.63) is 59.9 Å². The van der Waals surface area contributed by atoms with Crippen LogP contribution in [0.2, 0.25) is 0 Å². The molecule has 0 saturated carbocycles. The Bertz CT molecular complexity index is 2850. The molecule has 0 amide bonds. The molecule has 2 aromatic heterocycles. The van der Waals surface area contributed by atoms with E-state index in [0.717, 1.165) is 21.5 Å². The molecular weight excluding hydrogens is 773 g/mol. The van der Waals surface area contributed by atoms with E-state index in [1.165, 1.54) is 0 Å². The fourth-order valence-corrected chi connectivity index (χ4v) is 8.40. The second-order valence-electron chi connectivity index (χ2n) is 13.7. The van der Waals surface area contributed by atoms with Crippen LogP contribution in [0.25, 0.3) is 76.0 Å². The Balaban J connectivity index is 1.69. The molecule has 2 N–H and O–H groups in total. The second-order valence-corrected chi connectivity index (χ2v) is 13.7. The molecule has 2 heterocycles. The van der Waals surface area contributed by atoms with Gasteiger partial charge in [0.15, 0.2) is 46.0 Å². The molecule has 0 atom stereocenters. The molecule has 14 nitrogen and oxygen atoms in total. The van der Waals surface area contributed by atoms with E-state index in [0.29, 0.717) is 100 Å². The number of methoxy groups -OCH3 is 8. The topological polar surface area (TPSA) is 158 Å². The largest absolute Gasteiger partial charge is 0.493 e. The minimum atomic E-state index is -0.593. The van der Waals surface area contributed by atoms with Gasteiger partial charge in [-0.3, -0.25) is 0 Å². The van der Waals surface area contributed by atoms with Gasteiger partial charge in [0.2, 0.25) is 0 Å². The average molecular weight is 817 g/mol. The zero-order valence-electron chi connectivity index (χ0n) is 34.9. The fraction of sp³-hybridized carbons (Fsp3) is 0.261. The van der Waals surface area contributed by atoms with Crippen molar-refractivity contribution in [2.45, 2.75) is 13.8 Å². The van der Waals surface area contributed by atoms with E-state index in [-0.39, 0.29) is 24.6 Å². The molecule has 0 unspecified atom stereocenters. The van der Waals surface area contributed by atoms with Crippen LogP contribution in [0.5, 0.6) is 46.0 Å². The first kappa shape index (κ1) is 39.6. The number of benzene rings is 6. The summed E-state index contributed by atoms with van der Waals surface area (Å²) >= 11 is 0. The number of aromatic nitrogens is 2. The van der Waals surface area contributed by atoms with Crippen molar-refractivity contribution in [2.75, 3.05) is 70.1 Å². The average Bonchev–Trinajstić information content (AvgIpc) is 3.88. The highest BCUT2D eigenvalue weighted by Crippen LogP contribution is 2.52. The monoisotopic (exact) mass is 816 g/mol. The number of esters is 2. The van der Waals surface area contributed by atoms with Crippen molar-refractivity contribution < 1.29 is 57.0 Å². The van der Waals surface area contributed by atoms with E-state index in [9.17, 15) is 9.59 Å². The first-order valence-corrected chi connectivity index (χ1v) is 19.1. The highest BCUT2D eigenvalue weighted by atomic mass is 16.5. The van der Waals surface area contributed by atoms with Crippen molar-refractivity contribution in [1.82, 2.24) is 9.97 Å². The molecule has 0 radical (unpaired) electrons. The summed E-state index contributed by atoms with van der Waals surface area (Å²) in [6, 6.07) is 14.9. The van der Waals surface area contributed by atoms with Gasteiger partial charge in [0.05, 0.1) is 81.5 Å². The molecule has 60 heavy (non-hydrogen) atoms. The maximum Gasteiger partial charge on any atom is 0.355 e. The number of carbonyl (C=O) groups is 2. The number of H-pyrrole nitrogens is 2. The van der Waals surface area contributed by atoms with Crippen LogP contribution in [-0.4, -0.2) is 92.0 Å². The van der Waals surface area contributed by atoms with Gasteiger partial charge in [-0.15, -0.1) is 0 Å². The highest BCUT2D eigenvalue weighted by molar-refractivity contribution is 6.36. The number of nitrogens with one attached hydrogen (secondary N) is 2. The van der Waals surface area contributed by atoms with Crippen LogP contribution in [0.3, 0.4) is 0 Å². The Morgan fingerprint density at radius 2 is 0.583 bits per heavy atom. The van der Waals surface area contributed by atoms with E-state index in [2.05, 4.69) is 9.97 Å². The van der Waals surface area contributed by atoms with Crippen molar-refractivity contribution in [2.24, 2.45) is 0 Å². The maximum absolute atomic E-state index is 14.2. The Kier molecular flexibility index (Phi) is 10.2. The summed E-state index contributed by atoms with van der Waals surface area (Å²) in [7, 11) is 12.5. The summed E-state index contributed by atoms with van der Waals surface area (Å²) in [5.41, 5.74) is 1.29. The molecule has 6 aromatic carbocycles. The zero-order valence-corrected chi connectivity index (χ0v) is 34.9.